The molecule has 1 saturated heterocycles. The molecule has 1 heterocycles. The number of hydrogen-bond acceptors (Lipinski definition) is 6. The fraction of sp³-hybridized carbons (Fsp3) is 0.296. The number of halogens is 2. The van der Waals surface area contributed by atoms with Gasteiger partial charge in [0.25, 0.3) is 16.0 Å². The minimum Gasteiger partial charge on any atom is -0.392 e. The summed E-state index contributed by atoms with van der Waals surface area (Å²) in [5, 5.41) is 22.0. The molecule has 0 aromatic heterocycles. The second-order valence-electron chi connectivity index (χ2n) is 9.08. The van der Waals surface area contributed by atoms with E-state index in [4.69, 9.17) is 27.8 Å². The summed E-state index contributed by atoms with van der Waals surface area (Å²) in [4.78, 5) is 14.7. The Labute approximate surface area is 232 Å². The number of hydrogen-bond donors (Lipinski definition) is 3. The number of carbonyl (C=O) groups excluding carboxylic acids is 1. The summed E-state index contributed by atoms with van der Waals surface area (Å²) in [5.74, 6) is -0.429. The lowest BCUT2D eigenvalue weighted by atomic mass is 10.0. The SMILES string of the molecule is Cc1ccc(S(=O)(=O)O)cc1.O=C(Cc1ccc(Cl)c(Cl)c1)N(O)C(CN1CCC(O)C1)c1ccccc1. The maximum Gasteiger partial charge on any atom is 0.294 e. The molecule has 1 aliphatic heterocycles. The first-order valence-electron chi connectivity index (χ1n) is 11.9. The Morgan fingerprint density at radius 3 is 2.26 bits per heavy atom. The fourth-order valence-corrected chi connectivity index (χ4v) is 4.81. The van der Waals surface area contributed by atoms with Gasteiger partial charge in [0.05, 0.1) is 33.5 Å². The van der Waals surface area contributed by atoms with Crippen LogP contribution in [0.15, 0.2) is 77.7 Å². The summed E-state index contributed by atoms with van der Waals surface area (Å²) >= 11 is 11.9. The molecule has 3 N–H and O–H groups in total. The summed E-state index contributed by atoms with van der Waals surface area (Å²) in [6.07, 6.45) is 0.351. The van der Waals surface area contributed by atoms with Crippen molar-refractivity contribution in [2.24, 2.45) is 0 Å². The number of β-amino-alcohol motifs (C(OH)–C–C–N with tert-alkyl or cyclic N) is 1. The predicted molar refractivity (Wildman–Crippen MR) is 146 cm³/mol. The van der Waals surface area contributed by atoms with E-state index in [9.17, 15) is 23.5 Å². The van der Waals surface area contributed by atoms with Gasteiger partial charge in [-0.15, -0.1) is 0 Å². The number of likely N-dealkylation sites (tertiary alicyclic amines) is 1. The molecule has 2 unspecified atom stereocenters. The van der Waals surface area contributed by atoms with Crippen molar-refractivity contribution in [2.75, 3.05) is 19.6 Å². The van der Waals surface area contributed by atoms with Crippen molar-refractivity contribution in [1.29, 1.82) is 0 Å². The summed E-state index contributed by atoms with van der Waals surface area (Å²) in [6, 6.07) is 19.8. The van der Waals surface area contributed by atoms with Gasteiger partial charge in [0, 0.05) is 19.6 Å². The zero-order valence-corrected chi connectivity index (χ0v) is 23.1. The van der Waals surface area contributed by atoms with Crippen molar-refractivity contribution >= 4 is 39.2 Å². The van der Waals surface area contributed by atoms with Gasteiger partial charge < -0.3 is 5.11 Å². The molecule has 3 aromatic carbocycles. The first-order chi connectivity index (χ1) is 17.9. The highest BCUT2D eigenvalue weighted by Crippen LogP contribution is 2.26. The van der Waals surface area contributed by atoms with E-state index in [0.717, 1.165) is 22.7 Å². The maximum absolute atomic E-state index is 12.7. The Morgan fingerprint density at radius 1 is 1.05 bits per heavy atom. The lowest BCUT2D eigenvalue weighted by molar-refractivity contribution is -0.177. The molecule has 1 aliphatic rings. The first kappa shape index (κ1) is 30.0. The second kappa shape index (κ2) is 13.5. The van der Waals surface area contributed by atoms with E-state index in [0.29, 0.717) is 35.1 Å². The van der Waals surface area contributed by atoms with Crippen LogP contribution in [0.3, 0.4) is 0 Å². The van der Waals surface area contributed by atoms with Gasteiger partial charge in [0.1, 0.15) is 0 Å². The van der Waals surface area contributed by atoms with Gasteiger partial charge in [0.15, 0.2) is 0 Å². The smallest absolute Gasteiger partial charge is 0.294 e. The molecule has 11 heteroatoms. The molecule has 4 rings (SSSR count). The minimum atomic E-state index is -4.02. The molecule has 204 valence electrons. The molecule has 0 spiro atoms. The summed E-state index contributed by atoms with van der Waals surface area (Å²) in [7, 11) is -4.02. The van der Waals surface area contributed by atoms with Crippen molar-refractivity contribution in [3.63, 3.8) is 0 Å². The Kier molecular flexibility index (Phi) is 10.7. The van der Waals surface area contributed by atoms with Gasteiger partial charge >= 0.3 is 0 Å². The number of amides is 1. The van der Waals surface area contributed by atoms with Gasteiger partial charge in [-0.25, -0.2) is 5.06 Å². The average Bonchev–Trinajstić information content (AvgIpc) is 3.29. The van der Waals surface area contributed by atoms with E-state index in [1.165, 1.54) is 12.1 Å². The third-order valence-electron chi connectivity index (χ3n) is 6.07. The van der Waals surface area contributed by atoms with Crippen LogP contribution in [0.4, 0.5) is 0 Å². The molecule has 2 atom stereocenters. The van der Waals surface area contributed by atoms with Gasteiger partial charge in [0.2, 0.25) is 0 Å². The number of carbonyl (C=O) groups is 1. The van der Waals surface area contributed by atoms with Crippen molar-refractivity contribution in [3.05, 3.63) is 99.5 Å². The Morgan fingerprint density at radius 2 is 1.71 bits per heavy atom. The number of benzene rings is 3. The van der Waals surface area contributed by atoms with Gasteiger partial charge in [-0.2, -0.15) is 8.42 Å². The van der Waals surface area contributed by atoms with E-state index in [1.807, 2.05) is 37.3 Å². The third kappa shape index (κ3) is 8.78. The molecule has 38 heavy (non-hydrogen) atoms. The lowest BCUT2D eigenvalue weighted by Gasteiger charge is -2.30. The summed E-state index contributed by atoms with van der Waals surface area (Å²) in [6.45, 7) is 3.57. The molecule has 1 fully saturated rings. The van der Waals surface area contributed by atoms with Crippen molar-refractivity contribution < 1.29 is 28.1 Å². The predicted octanol–water partition coefficient (Wildman–Crippen LogP) is 4.80. The summed E-state index contributed by atoms with van der Waals surface area (Å²) < 4.78 is 29.6. The van der Waals surface area contributed by atoms with Crippen LogP contribution in [-0.2, 0) is 21.3 Å². The summed E-state index contributed by atoms with van der Waals surface area (Å²) in [5.41, 5.74) is 2.47. The Bertz CT molecular complexity index is 1320. The third-order valence-corrected chi connectivity index (χ3v) is 7.68. The largest absolute Gasteiger partial charge is 0.392 e. The van der Waals surface area contributed by atoms with E-state index in [-0.39, 0.29) is 17.4 Å². The van der Waals surface area contributed by atoms with Crippen molar-refractivity contribution in [3.8, 4) is 0 Å². The van der Waals surface area contributed by atoms with E-state index in [2.05, 4.69) is 4.90 Å². The number of aryl methyl sites for hydroxylation is 1. The molecular weight excluding hydrogens is 551 g/mol. The monoisotopic (exact) mass is 580 g/mol. The molecule has 0 bridgehead atoms. The van der Waals surface area contributed by atoms with E-state index in [1.54, 1.807) is 30.3 Å². The highest BCUT2D eigenvalue weighted by atomic mass is 35.5. The maximum atomic E-state index is 12.7. The first-order valence-corrected chi connectivity index (χ1v) is 14.1. The van der Waals surface area contributed by atoms with Crippen LogP contribution in [-0.4, -0.2) is 64.9 Å². The Balaban J connectivity index is 0.000000304. The topological polar surface area (TPSA) is 118 Å². The van der Waals surface area contributed by atoms with Crippen molar-refractivity contribution in [2.45, 2.75) is 36.8 Å². The van der Waals surface area contributed by atoms with Crippen LogP contribution >= 0.6 is 23.2 Å². The normalized spacial score (nSPS) is 16.4. The van der Waals surface area contributed by atoms with Gasteiger partial charge in [-0.05, 0) is 48.7 Å². The molecule has 0 aliphatic carbocycles. The number of aliphatic hydroxyl groups is 1. The fourth-order valence-electron chi connectivity index (χ4n) is 4.01. The van der Waals surface area contributed by atoms with Crippen LogP contribution in [0.25, 0.3) is 0 Å². The average molecular weight is 582 g/mol. The van der Waals surface area contributed by atoms with Crippen molar-refractivity contribution in [1.82, 2.24) is 9.96 Å². The highest BCUT2D eigenvalue weighted by Gasteiger charge is 2.29. The second-order valence-corrected chi connectivity index (χ2v) is 11.3. The van der Waals surface area contributed by atoms with Crippen LogP contribution in [0.1, 0.15) is 29.2 Å². The number of rotatable bonds is 7. The molecule has 3 aromatic rings. The molecular formula is C27H30Cl2N2O6S. The number of hydroxylamine groups is 2. The van der Waals surface area contributed by atoms with Crippen LogP contribution < -0.4 is 0 Å². The zero-order chi connectivity index (χ0) is 27.9. The Hall–Kier alpha value is -2.50. The molecule has 8 nitrogen and oxygen atoms in total. The molecule has 1 amide bonds. The van der Waals surface area contributed by atoms with Gasteiger partial charge in [-0.3, -0.25) is 19.5 Å². The molecule has 0 saturated carbocycles. The van der Waals surface area contributed by atoms with Gasteiger partial charge in [-0.1, -0.05) is 77.3 Å². The van der Waals surface area contributed by atoms with E-state index >= 15 is 0 Å². The lowest BCUT2D eigenvalue weighted by Crippen LogP contribution is -2.40. The van der Waals surface area contributed by atoms with Crippen LogP contribution in [0.5, 0.6) is 0 Å². The quantitative estimate of drug-likeness (QED) is 0.208. The standard InChI is InChI=1S/C20H22Cl2N2O3.C7H8O3S/c21-17-7-6-14(10-18(17)22)11-20(26)24(27)19(15-4-2-1-3-5-15)13-23-9-8-16(25)12-23;1-6-2-4-7(5-3-6)11(8,9)10/h1-7,10,16,19,25,27H,8-9,11-13H2;2-5H,1H3,(H,8,9,10). The molecule has 0 radical (unpaired) electrons. The van der Waals surface area contributed by atoms with Crippen LogP contribution in [0, 0.1) is 6.92 Å². The van der Waals surface area contributed by atoms with E-state index < -0.39 is 22.1 Å². The minimum absolute atomic E-state index is 0.0132. The zero-order valence-electron chi connectivity index (χ0n) is 20.7. The number of nitrogens with zero attached hydrogens (tertiary/aromatic N) is 2. The van der Waals surface area contributed by atoms with Crippen LogP contribution in [0.2, 0.25) is 10.0 Å². The number of aliphatic hydroxyl groups excluding tert-OH is 1. The highest BCUT2D eigenvalue weighted by molar-refractivity contribution is 7.85.